The summed E-state index contributed by atoms with van der Waals surface area (Å²) in [6.45, 7) is 8.90. The first kappa shape index (κ1) is 13.2. The van der Waals surface area contributed by atoms with Crippen molar-refractivity contribution < 1.29 is 5.11 Å². The Morgan fingerprint density at radius 1 is 1.19 bits per heavy atom. The molecule has 0 fully saturated rings. The molecule has 1 unspecified atom stereocenters. The average molecular weight is 220 g/mol. The van der Waals surface area contributed by atoms with Gasteiger partial charge >= 0.3 is 0 Å². The second kappa shape index (κ2) is 5.49. The van der Waals surface area contributed by atoms with Crippen molar-refractivity contribution in [2.24, 2.45) is 5.41 Å². The van der Waals surface area contributed by atoms with Crippen LogP contribution in [-0.4, -0.2) is 11.7 Å². The number of hydrogen-bond acceptors (Lipinski definition) is 1. The fourth-order valence-electron chi connectivity index (χ4n) is 2.23. The van der Waals surface area contributed by atoms with E-state index in [0.717, 1.165) is 19.3 Å². The molecule has 16 heavy (non-hydrogen) atoms. The minimum atomic E-state index is 0.0381. The molecule has 90 valence electrons. The molecular weight excluding hydrogens is 196 g/mol. The molecule has 1 heteroatoms. The Bertz CT molecular complexity index is 343. The largest absolute Gasteiger partial charge is 0.396 e. The Balaban J connectivity index is 2.81. The van der Waals surface area contributed by atoms with Crippen LogP contribution in [0.25, 0.3) is 0 Å². The van der Waals surface area contributed by atoms with Crippen LogP contribution in [0.4, 0.5) is 0 Å². The van der Waals surface area contributed by atoms with Crippen LogP contribution >= 0.6 is 0 Å². The lowest BCUT2D eigenvalue weighted by Crippen LogP contribution is -2.24. The zero-order valence-electron chi connectivity index (χ0n) is 11.0. The molecule has 0 radical (unpaired) electrons. The van der Waals surface area contributed by atoms with Crippen LogP contribution in [0.2, 0.25) is 0 Å². The summed E-state index contributed by atoms with van der Waals surface area (Å²) in [5.41, 5.74) is 4.06. The van der Waals surface area contributed by atoms with E-state index < -0.39 is 0 Å². The fourth-order valence-corrected chi connectivity index (χ4v) is 2.23. The van der Waals surface area contributed by atoms with Crippen LogP contribution in [0.1, 0.15) is 43.4 Å². The topological polar surface area (TPSA) is 20.2 Å². The van der Waals surface area contributed by atoms with Crippen LogP contribution in [0.3, 0.4) is 0 Å². The number of aliphatic hydroxyl groups excluding tert-OH is 1. The van der Waals surface area contributed by atoms with Gasteiger partial charge in [0.2, 0.25) is 0 Å². The first-order valence-electron chi connectivity index (χ1n) is 6.18. The molecule has 0 aliphatic rings. The first-order chi connectivity index (χ1) is 7.50. The third-order valence-corrected chi connectivity index (χ3v) is 3.44. The fraction of sp³-hybridized carbons (Fsp3) is 0.600. The van der Waals surface area contributed by atoms with Crippen LogP contribution in [0.15, 0.2) is 18.2 Å². The van der Waals surface area contributed by atoms with E-state index in [-0.39, 0.29) is 12.0 Å². The van der Waals surface area contributed by atoms with Crippen LogP contribution in [-0.2, 0) is 6.42 Å². The molecule has 0 saturated heterocycles. The highest BCUT2D eigenvalue weighted by molar-refractivity contribution is 5.30. The van der Waals surface area contributed by atoms with E-state index in [2.05, 4.69) is 45.9 Å². The average Bonchev–Trinajstić information content (AvgIpc) is 2.24. The van der Waals surface area contributed by atoms with E-state index in [9.17, 15) is 5.11 Å². The second-order valence-corrected chi connectivity index (χ2v) is 5.31. The third-order valence-electron chi connectivity index (χ3n) is 3.44. The Morgan fingerprint density at radius 3 is 2.38 bits per heavy atom. The summed E-state index contributed by atoms with van der Waals surface area (Å²) < 4.78 is 0. The maximum absolute atomic E-state index is 9.50. The Kier molecular flexibility index (Phi) is 4.55. The van der Waals surface area contributed by atoms with E-state index in [1.54, 1.807) is 0 Å². The summed E-state index contributed by atoms with van der Waals surface area (Å²) in [4.78, 5) is 0. The van der Waals surface area contributed by atoms with E-state index in [0.29, 0.717) is 0 Å². The summed E-state index contributed by atoms with van der Waals surface area (Å²) in [6, 6.07) is 6.61. The predicted molar refractivity (Wildman–Crippen MR) is 69.7 cm³/mol. The normalized spacial score (nSPS) is 14.8. The Morgan fingerprint density at radius 2 is 1.88 bits per heavy atom. The SMILES string of the molecule is CCCC(C)(CO)Cc1ccc(C)c(C)c1. The molecule has 0 amide bonds. The first-order valence-corrected chi connectivity index (χ1v) is 6.18. The molecule has 1 aromatic carbocycles. The van der Waals surface area contributed by atoms with Crippen molar-refractivity contribution in [2.75, 3.05) is 6.61 Å². The number of benzene rings is 1. The maximum atomic E-state index is 9.50. The van der Waals surface area contributed by atoms with Gasteiger partial charge in [0, 0.05) is 6.61 Å². The molecule has 0 aliphatic heterocycles. The summed E-state index contributed by atoms with van der Waals surface area (Å²) in [7, 11) is 0. The monoisotopic (exact) mass is 220 g/mol. The van der Waals surface area contributed by atoms with Crippen molar-refractivity contribution in [1.29, 1.82) is 0 Å². The maximum Gasteiger partial charge on any atom is 0.0487 e. The van der Waals surface area contributed by atoms with Gasteiger partial charge in [-0.05, 0) is 48.8 Å². The summed E-state index contributed by atoms with van der Waals surface area (Å²) in [6.07, 6.45) is 3.18. The number of aryl methyl sites for hydroxylation is 2. The highest BCUT2D eigenvalue weighted by Crippen LogP contribution is 2.28. The smallest absolute Gasteiger partial charge is 0.0487 e. The predicted octanol–water partition coefficient (Wildman–Crippen LogP) is 3.64. The van der Waals surface area contributed by atoms with Crippen molar-refractivity contribution in [2.45, 2.75) is 47.0 Å². The summed E-state index contributed by atoms with van der Waals surface area (Å²) >= 11 is 0. The molecule has 0 aliphatic carbocycles. The van der Waals surface area contributed by atoms with Gasteiger partial charge in [-0.15, -0.1) is 0 Å². The highest BCUT2D eigenvalue weighted by Gasteiger charge is 2.22. The molecule has 0 bridgehead atoms. The second-order valence-electron chi connectivity index (χ2n) is 5.31. The summed E-state index contributed by atoms with van der Waals surface area (Å²) in [5, 5.41) is 9.50. The van der Waals surface area contributed by atoms with Gasteiger partial charge in [-0.25, -0.2) is 0 Å². The van der Waals surface area contributed by atoms with Gasteiger partial charge in [0.25, 0.3) is 0 Å². The zero-order chi connectivity index (χ0) is 12.2. The molecule has 0 heterocycles. The van der Waals surface area contributed by atoms with Gasteiger partial charge in [0.15, 0.2) is 0 Å². The van der Waals surface area contributed by atoms with Gasteiger partial charge in [0.05, 0.1) is 0 Å². The number of hydrogen-bond donors (Lipinski definition) is 1. The molecule has 0 spiro atoms. The van der Waals surface area contributed by atoms with E-state index >= 15 is 0 Å². The molecule has 0 aromatic heterocycles. The van der Waals surface area contributed by atoms with Crippen molar-refractivity contribution in [3.63, 3.8) is 0 Å². The van der Waals surface area contributed by atoms with Crippen LogP contribution in [0.5, 0.6) is 0 Å². The lowest BCUT2D eigenvalue weighted by atomic mass is 9.80. The van der Waals surface area contributed by atoms with Crippen molar-refractivity contribution in [3.8, 4) is 0 Å². The minimum absolute atomic E-state index is 0.0381. The van der Waals surface area contributed by atoms with Gasteiger partial charge in [0.1, 0.15) is 0 Å². The van der Waals surface area contributed by atoms with Crippen molar-refractivity contribution >= 4 is 0 Å². The Hall–Kier alpha value is -0.820. The standard InChI is InChI=1S/C15H24O/c1-5-8-15(4,11-16)10-14-7-6-12(2)13(3)9-14/h6-7,9,16H,5,8,10-11H2,1-4H3. The van der Waals surface area contributed by atoms with Gasteiger partial charge in [-0.1, -0.05) is 38.5 Å². The number of aliphatic hydroxyl groups is 1. The molecular formula is C15H24O. The lowest BCUT2D eigenvalue weighted by molar-refractivity contribution is 0.131. The molecule has 1 nitrogen and oxygen atoms in total. The van der Waals surface area contributed by atoms with Crippen molar-refractivity contribution in [3.05, 3.63) is 34.9 Å². The quantitative estimate of drug-likeness (QED) is 0.803. The van der Waals surface area contributed by atoms with Crippen LogP contribution in [0, 0.1) is 19.3 Å². The Labute approximate surface area is 99.5 Å². The van der Waals surface area contributed by atoms with Crippen LogP contribution < -0.4 is 0 Å². The van der Waals surface area contributed by atoms with E-state index in [1.807, 2.05) is 0 Å². The minimum Gasteiger partial charge on any atom is -0.396 e. The third kappa shape index (κ3) is 3.34. The molecule has 1 rings (SSSR count). The molecule has 1 atom stereocenters. The van der Waals surface area contributed by atoms with Gasteiger partial charge in [-0.3, -0.25) is 0 Å². The zero-order valence-corrected chi connectivity index (χ0v) is 11.0. The van der Waals surface area contributed by atoms with E-state index in [1.165, 1.54) is 16.7 Å². The number of rotatable bonds is 5. The summed E-state index contributed by atoms with van der Waals surface area (Å²) in [5.74, 6) is 0. The van der Waals surface area contributed by atoms with Gasteiger partial charge < -0.3 is 5.11 Å². The lowest BCUT2D eigenvalue weighted by Gasteiger charge is -2.27. The molecule has 0 saturated carbocycles. The highest BCUT2D eigenvalue weighted by atomic mass is 16.3. The van der Waals surface area contributed by atoms with E-state index in [4.69, 9.17) is 0 Å². The van der Waals surface area contributed by atoms with Crippen molar-refractivity contribution in [1.82, 2.24) is 0 Å². The molecule has 1 aromatic rings. The molecule has 1 N–H and O–H groups in total. The van der Waals surface area contributed by atoms with Gasteiger partial charge in [-0.2, -0.15) is 0 Å².